The molecule has 0 saturated carbocycles. The van der Waals surface area contributed by atoms with Crippen LogP contribution in [0.4, 0.5) is 5.69 Å². The lowest BCUT2D eigenvalue weighted by Crippen LogP contribution is -2.02. The maximum atomic E-state index is 8.84. The first-order valence-corrected chi connectivity index (χ1v) is 5.92. The zero-order valence-electron chi connectivity index (χ0n) is 9.94. The molecule has 0 amide bonds. The van der Waals surface area contributed by atoms with Crippen molar-refractivity contribution in [1.82, 2.24) is 4.98 Å². The minimum Gasteiger partial charge on any atom is -0.378 e. The van der Waals surface area contributed by atoms with E-state index in [9.17, 15) is 0 Å². The lowest BCUT2D eigenvalue weighted by molar-refractivity contribution is 1.04. The molecule has 18 heavy (non-hydrogen) atoms. The molecule has 3 nitrogen and oxygen atoms in total. The van der Waals surface area contributed by atoms with Crippen molar-refractivity contribution >= 4 is 17.3 Å². The van der Waals surface area contributed by atoms with Gasteiger partial charge in [-0.1, -0.05) is 17.7 Å². The van der Waals surface area contributed by atoms with Gasteiger partial charge in [0, 0.05) is 6.20 Å². The smallest absolute Gasteiger partial charge is 0.0992 e. The summed E-state index contributed by atoms with van der Waals surface area (Å²) in [5.41, 5.74) is 3.39. The van der Waals surface area contributed by atoms with Crippen molar-refractivity contribution < 1.29 is 0 Å². The highest BCUT2D eigenvalue weighted by Gasteiger charge is 2.02. The molecule has 0 unspecified atom stereocenters. The van der Waals surface area contributed by atoms with Gasteiger partial charge in [0.15, 0.2) is 0 Å². The number of aromatic nitrogens is 1. The number of halogens is 1. The number of benzene rings is 1. The number of nitriles is 1. The minimum atomic E-state index is 0.578. The molecule has 0 aliphatic carbocycles. The second kappa shape index (κ2) is 5.52. The summed E-state index contributed by atoms with van der Waals surface area (Å²) in [6.07, 6.45) is 1.82. The predicted octanol–water partition coefficient (Wildman–Crippen LogP) is 3.53. The Kier molecular flexibility index (Phi) is 3.81. The number of nitrogens with one attached hydrogen (secondary N) is 1. The predicted molar refractivity (Wildman–Crippen MR) is 72.5 cm³/mol. The minimum absolute atomic E-state index is 0.578. The van der Waals surface area contributed by atoms with Crippen LogP contribution in [0.15, 0.2) is 36.5 Å². The van der Waals surface area contributed by atoms with Crippen molar-refractivity contribution in [3.8, 4) is 6.07 Å². The van der Waals surface area contributed by atoms with Crippen molar-refractivity contribution in [2.45, 2.75) is 13.5 Å². The van der Waals surface area contributed by atoms with Gasteiger partial charge in [-0.2, -0.15) is 5.26 Å². The summed E-state index contributed by atoms with van der Waals surface area (Å²) in [6, 6.07) is 11.2. The summed E-state index contributed by atoms with van der Waals surface area (Å²) in [7, 11) is 0. The summed E-state index contributed by atoms with van der Waals surface area (Å²) in [5, 5.41) is 12.6. The van der Waals surface area contributed by atoms with E-state index in [0.29, 0.717) is 17.1 Å². The van der Waals surface area contributed by atoms with E-state index in [-0.39, 0.29) is 0 Å². The molecule has 1 heterocycles. The molecular weight excluding hydrogens is 246 g/mol. The highest BCUT2D eigenvalue weighted by atomic mass is 35.5. The second-order valence-electron chi connectivity index (χ2n) is 3.99. The van der Waals surface area contributed by atoms with Crippen LogP contribution in [-0.4, -0.2) is 4.98 Å². The van der Waals surface area contributed by atoms with E-state index < -0.39 is 0 Å². The third kappa shape index (κ3) is 2.99. The highest BCUT2D eigenvalue weighted by molar-refractivity contribution is 6.33. The third-order valence-electron chi connectivity index (χ3n) is 2.53. The summed E-state index contributed by atoms with van der Waals surface area (Å²) in [4.78, 5) is 4.30. The van der Waals surface area contributed by atoms with Gasteiger partial charge >= 0.3 is 0 Å². The second-order valence-corrected chi connectivity index (χ2v) is 4.39. The van der Waals surface area contributed by atoms with Gasteiger partial charge in [0.1, 0.15) is 0 Å². The van der Waals surface area contributed by atoms with Gasteiger partial charge in [-0.15, -0.1) is 0 Å². The van der Waals surface area contributed by atoms with E-state index in [0.717, 1.165) is 16.9 Å². The first-order chi connectivity index (χ1) is 8.69. The van der Waals surface area contributed by atoms with Gasteiger partial charge in [0.2, 0.25) is 0 Å². The SMILES string of the molecule is Cc1ccc(CNc2cc(C#N)ccc2Cl)nc1. The first-order valence-electron chi connectivity index (χ1n) is 5.54. The molecule has 0 fully saturated rings. The molecular formula is C14H12ClN3. The van der Waals surface area contributed by atoms with Crippen molar-refractivity contribution in [2.75, 3.05) is 5.32 Å². The van der Waals surface area contributed by atoms with Crippen LogP contribution in [0.3, 0.4) is 0 Å². The fourth-order valence-corrected chi connectivity index (χ4v) is 1.70. The van der Waals surface area contributed by atoms with E-state index in [1.54, 1.807) is 18.2 Å². The molecule has 2 aromatic rings. The summed E-state index contributed by atoms with van der Waals surface area (Å²) in [6.45, 7) is 2.58. The highest BCUT2D eigenvalue weighted by Crippen LogP contribution is 2.23. The largest absolute Gasteiger partial charge is 0.378 e. The molecule has 1 aromatic heterocycles. The van der Waals surface area contributed by atoms with E-state index in [1.165, 1.54) is 0 Å². The van der Waals surface area contributed by atoms with Crippen LogP contribution in [0, 0.1) is 18.3 Å². The van der Waals surface area contributed by atoms with Crippen molar-refractivity contribution in [3.05, 3.63) is 58.4 Å². The fourth-order valence-electron chi connectivity index (χ4n) is 1.52. The number of nitrogens with zero attached hydrogens (tertiary/aromatic N) is 2. The number of rotatable bonds is 3. The lowest BCUT2D eigenvalue weighted by Gasteiger charge is -2.08. The van der Waals surface area contributed by atoms with Gasteiger partial charge in [-0.25, -0.2) is 0 Å². The zero-order valence-corrected chi connectivity index (χ0v) is 10.7. The molecule has 0 atom stereocenters. The Morgan fingerprint density at radius 1 is 1.33 bits per heavy atom. The Morgan fingerprint density at radius 3 is 2.83 bits per heavy atom. The number of hydrogen-bond acceptors (Lipinski definition) is 3. The number of hydrogen-bond donors (Lipinski definition) is 1. The Labute approximate surface area is 111 Å². The average molecular weight is 258 g/mol. The van der Waals surface area contributed by atoms with Crippen LogP contribution in [0.5, 0.6) is 0 Å². The fraction of sp³-hybridized carbons (Fsp3) is 0.143. The van der Waals surface area contributed by atoms with E-state index in [1.807, 2.05) is 25.3 Å². The quantitative estimate of drug-likeness (QED) is 0.915. The van der Waals surface area contributed by atoms with Crippen molar-refractivity contribution in [2.24, 2.45) is 0 Å². The Bertz CT molecular complexity index is 585. The maximum absolute atomic E-state index is 8.84. The van der Waals surface area contributed by atoms with Gasteiger partial charge in [-0.3, -0.25) is 4.98 Å². The van der Waals surface area contributed by atoms with Gasteiger partial charge in [-0.05, 0) is 36.8 Å². The first kappa shape index (κ1) is 12.4. The topological polar surface area (TPSA) is 48.7 Å². The molecule has 0 radical (unpaired) electrons. The molecule has 0 aliphatic rings. The average Bonchev–Trinajstić information content (AvgIpc) is 2.40. The van der Waals surface area contributed by atoms with Crippen LogP contribution in [-0.2, 0) is 6.54 Å². The Hall–Kier alpha value is -2.05. The molecule has 90 valence electrons. The van der Waals surface area contributed by atoms with Gasteiger partial charge in [0.25, 0.3) is 0 Å². The standard InChI is InChI=1S/C14H12ClN3/c1-10-2-4-12(17-8-10)9-18-14-6-11(7-16)3-5-13(14)15/h2-6,8,18H,9H2,1H3. The van der Waals surface area contributed by atoms with Crippen LogP contribution in [0.25, 0.3) is 0 Å². The normalized spacial score (nSPS) is 9.83. The number of aryl methyl sites for hydroxylation is 1. The van der Waals surface area contributed by atoms with Crippen LogP contribution in [0.2, 0.25) is 5.02 Å². The molecule has 0 saturated heterocycles. The molecule has 2 rings (SSSR count). The summed E-state index contributed by atoms with van der Waals surface area (Å²) >= 11 is 6.05. The molecule has 0 spiro atoms. The monoisotopic (exact) mass is 257 g/mol. The third-order valence-corrected chi connectivity index (χ3v) is 2.86. The van der Waals surface area contributed by atoms with E-state index in [2.05, 4.69) is 16.4 Å². The van der Waals surface area contributed by atoms with Crippen LogP contribution >= 0.6 is 11.6 Å². The molecule has 0 aliphatic heterocycles. The molecule has 1 N–H and O–H groups in total. The summed E-state index contributed by atoms with van der Waals surface area (Å²) in [5.74, 6) is 0. The molecule has 4 heteroatoms. The molecule has 0 bridgehead atoms. The number of anilines is 1. The van der Waals surface area contributed by atoms with Gasteiger partial charge in [0.05, 0.1) is 34.6 Å². The van der Waals surface area contributed by atoms with E-state index in [4.69, 9.17) is 16.9 Å². The van der Waals surface area contributed by atoms with Gasteiger partial charge < -0.3 is 5.32 Å². The van der Waals surface area contributed by atoms with Crippen molar-refractivity contribution in [3.63, 3.8) is 0 Å². The van der Waals surface area contributed by atoms with E-state index >= 15 is 0 Å². The van der Waals surface area contributed by atoms with Crippen molar-refractivity contribution in [1.29, 1.82) is 5.26 Å². The summed E-state index contributed by atoms with van der Waals surface area (Å²) < 4.78 is 0. The Balaban J connectivity index is 2.10. The maximum Gasteiger partial charge on any atom is 0.0992 e. The number of pyridine rings is 1. The van der Waals surface area contributed by atoms with Crippen LogP contribution < -0.4 is 5.32 Å². The lowest BCUT2D eigenvalue weighted by atomic mass is 10.2. The van der Waals surface area contributed by atoms with Crippen LogP contribution in [0.1, 0.15) is 16.8 Å². The zero-order chi connectivity index (χ0) is 13.0. The Morgan fingerprint density at radius 2 is 2.17 bits per heavy atom. The molecule has 1 aromatic carbocycles.